The van der Waals surface area contributed by atoms with Gasteiger partial charge < -0.3 is 10.2 Å². The van der Waals surface area contributed by atoms with Crippen LogP contribution in [0.3, 0.4) is 0 Å². The van der Waals surface area contributed by atoms with E-state index in [4.69, 9.17) is 0 Å². The van der Waals surface area contributed by atoms with Gasteiger partial charge in [0, 0.05) is 32.4 Å². The van der Waals surface area contributed by atoms with Crippen LogP contribution in [-0.2, 0) is 9.59 Å². The number of nitrogens with zero attached hydrogens (tertiary/aromatic N) is 4. The molecule has 1 aliphatic rings. The number of amides is 2. The number of aliphatic imine (C=N–C) groups is 2. The number of hydrazine groups is 1. The predicted molar refractivity (Wildman–Crippen MR) is 133 cm³/mol. The van der Waals surface area contributed by atoms with Gasteiger partial charge in [0.15, 0.2) is 11.5 Å². The summed E-state index contributed by atoms with van der Waals surface area (Å²) in [5, 5.41) is 4.16. The molecule has 166 valence electrons. The van der Waals surface area contributed by atoms with E-state index in [0.717, 1.165) is 5.69 Å². The van der Waals surface area contributed by atoms with Crippen molar-refractivity contribution < 1.29 is 9.59 Å². The first-order valence-corrected chi connectivity index (χ1v) is 10.4. The molecule has 2 amide bonds. The molecule has 0 unspecified atom stereocenters. The first kappa shape index (κ1) is 21.8. The summed E-state index contributed by atoms with van der Waals surface area (Å²) in [6, 6.07) is 23.9. The second-order valence-corrected chi connectivity index (χ2v) is 7.65. The zero-order valence-electron chi connectivity index (χ0n) is 18.6. The lowest BCUT2D eigenvalue weighted by atomic mass is 10.2. The molecule has 0 saturated carbocycles. The molecule has 2 N–H and O–H groups in total. The highest BCUT2D eigenvalue weighted by atomic mass is 16.2. The molecule has 1 saturated heterocycles. The van der Waals surface area contributed by atoms with E-state index in [-0.39, 0.29) is 17.5 Å². The van der Waals surface area contributed by atoms with E-state index >= 15 is 0 Å². The van der Waals surface area contributed by atoms with Crippen molar-refractivity contribution in [3.63, 3.8) is 0 Å². The van der Waals surface area contributed by atoms with Crippen LogP contribution in [0.5, 0.6) is 0 Å². The molecule has 0 radical (unpaired) electrons. The van der Waals surface area contributed by atoms with E-state index < -0.39 is 0 Å². The molecule has 0 bridgehead atoms. The molecule has 4 rings (SSSR count). The number of amidine groups is 1. The first-order valence-electron chi connectivity index (χ1n) is 10.4. The number of rotatable bonds is 5. The zero-order valence-corrected chi connectivity index (χ0v) is 18.6. The second kappa shape index (κ2) is 9.35. The number of benzene rings is 3. The summed E-state index contributed by atoms with van der Waals surface area (Å²) in [5.41, 5.74) is 6.80. The molecule has 1 aliphatic heterocycles. The van der Waals surface area contributed by atoms with E-state index in [2.05, 4.69) is 20.7 Å². The number of carbonyl (C=O) groups is 2. The molecular weight excluding hydrogens is 416 g/mol. The molecule has 0 spiro atoms. The monoisotopic (exact) mass is 440 g/mol. The highest BCUT2D eigenvalue weighted by Gasteiger charge is 2.34. The molecule has 3 aromatic rings. The average molecular weight is 441 g/mol. The van der Waals surface area contributed by atoms with Gasteiger partial charge in [-0.2, -0.15) is 0 Å². The van der Waals surface area contributed by atoms with Crippen molar-refractivity contribution in [2.45, 2.75) is 6.92 Å². The van der Waals surface area contributed by atoms with Crippen molar-refractivity contribution in [2.24, 2.45) is 9.98 Å². The molecule has 8 nitrogen and oxygen atoms in total. The first-order chi connectivity index (χ1) is 15.9. The molecule has 1 fully saturated rings. The van der Waals surface area contributed by atoms with Crippen molar-refractivity contribution >= 4 is 51.8 Å². The average Bonchev–Trinajstić information content (AvgIpc) is 3.09. The topological polar surface area (TPSA) is 89.4 Å². The highest BCUT2D eigenvalue weighted by Crippen LogP contribution is 2.24. The summed E-state index contributed by atoms with van der Waals surface area (Å²) >= 11 is 0. The Kier molecular flexibility index (Phi) is 6.17. The van der Waals surface area contributed by atoms with Gasteiger partial charge in [-0.1, -0.05) is 24.3 Å². The molecule has 1 heterocycles. The van der Waals surface area contributed by atoms with Gasteiger partial charge in [0.1, 0.15) is 0 Å². The molecular formula is C25H24N6O2. The van der Waals surface area contributed by atoms with Crippen LogP contribution in [0.1, 0.15) is 6.92 Å². The molecule has 33 heavy (non-hydrogen) atoms. The fraction of sp³-hybridized carbons (Fsp3) is 0.120. The quantitative estimate of drug-likeness (QED) is 0.626. The number of nitrogens with one attached hydrogen (secondary N) is 2. The van der Waals surface area contributed by atoms with Crippen LogP contribution in [0.15, 0.2) is 88.8 Å². The SMILES string of the molecule is CC(=O)Nc1cccc(N=C2NN(c3ccccc3)C(=O)C2=Nc2ccc(N(C)C)cc2)c1. The number of anilines is 3. The maximum atomic E-state index is 13.3. The van der Waals surface area contributed by atoms with Gasteiger partial charge in [-0.15, -0.1) is 0 Å². The lowest BCUT2D eigenvalue weighted by molar-refractivity contribution is -0.114. The third-order valence-corrected chi connectivity index (χ3v) is 4.88. The van der Waals surface area contributed by atoms with Crippen LogP contribution in [0.4, 0.5) is 28.4 Å². The van der Waals surface area contributed by atoms with Crippen LogP contribution in [-0.4, -0.2) is 37.5 Å². The van der Waals surface area contributed by atoms with Gasteiger partial charge in [0.05, 0.1) is 17.1 Å². The lowest BCUT2D eigenvalue weighted by Gasteiger charge is -2.14. The molecule has 0 aliphatic carbocycles. The van der Waals surface area contributed by atoms with Crippen molar-refractivity contribution in [1.82, 2.24) is 5.43 Å². The maximum Gasteiger partial charge on any atom is 0.299 e. The predicted octanol–water partition coefficient (Wildman–Crippen LogP) is 4.07. The summed E-state index contributed by atoms with van der Waals surface area (Å²) < 4.78 is 0. The summed E-state index contributed by atoms with van der Waals surface area (Å²) in [7, 11) is 3.92. The smallest absolute Gasteiger partial charge is 0.299 e. The molecule has 0 atom stereocenters. The normalized spacial score (nSPS) is 15.6. The lowest BCUT2D eigenvalue weighted by Crippen LogP contribution is -2.35. The van der Waals surface area contributed by atoms with Gasteiger partial charge in [-0.25, -0.2) is 15.0 Å². The fourth-order valence-electron chi connectivity index (χ4n) is 3.29. The third-order valence-electron chi connectivity index (χ3n) is 4.88. The van der Waals surface area contributed by atoms with Gasteiger partial charge in [-0.05, 0) is 54.6 Å². The Hall–Kier alpha value is -4.46. The Morgan fingerprint density at radius 2 is 1.64 bits per heavy atom. The number of carbonyl (C=O) groups excluding carboxylic acids is 2. The summed E-state index contributed by atoms with van der Waals surface area (Å²) in [6.45, 7) is 1.44. The van der Waals surface area contributed by atoms with Gasteiger partial charge in [0.2, 0.25) is 5.91 Å². The number of hydrogen-bond acceptors (Lipinski definition) is 5. The van der Waals surface area contributed by atoms with Gasteiger partial charge >= 0.3 is 0 Å². The standard InChI is InChI=1S/C25H24N6O2/c1-17(32)26-19-8-7-9-20(16-19)28-24-23(27-18-12-14-21(15-13-18)30(2)3)25(33)31(29-24)22-10-5-4-6-11-22/h4-16H,1-3H3,(H,26,32)(H,28,29). The van der Waals surface area contributed by atoms with E-state index in [0.29, 0.717) is 28.6 Å². The van der Waals surface area contributed by atoms with Crippen LogP contribution in [0, 0.1) is 0 Å². The van der Waals surface area contributed by atoms with Crippen LogP contribution < -0.4 is 20.7 Å². The van der Waals surface area contributed by atoms with E-state index in [9.17, 15) is 9.59 Å². The Balaban J connectivity index is 1.74. The summed E-state index contributed by atoms with van der Waals surface area (Å²) in [4.78, 5) is 35.9. The Morgan fingerprint density at radius 1 is 0.909 bits per heavy atom. The molecule has 0 aromatic heterocycles. The minimum atomic E-state index is -0.311. The Morgan fingerprint density at radius 3 is 2.30 bits per heavy atom. The second-order valence-electron chi connectivity index (χ2n) is 7.65. The van der Waals surface area contributed by atoms with E-state index in [1.807, 2.05) is 73.6 Å². The van der Waals surface area contributed by atoms with Gasteiger partial charge in [-0.3, -0.25) is 15.0 Å². The van der Waals surface area contributed by atoms with Crippen LogP contribution in [0.25, 0.3) is 0 Å². The summed E-state index contributed by atoms with van der Waals surface area (Å²) in [6.07, 6.45) is 0. The fourth-order valence-corrected chi connectivity index (χ4v) is 3.29. The molecule has 3 aromatic carbocycles. The van der Waals surface area contributed by atoms with Crippen molar-refractivity contribution in [3.05, 3.63) is 78.9 Å². The van der Waals surface area contributed by atoms with E-state index in [1.165, 1.54) is 11.9 Å². The van der Waals surface area contributed by atoms with Crippen molar-refractivity contribution in [2.75, 3.05) is 29.3 Å². The number of para-hydroxylation sites is 1. The third kappa shape index (κ3) is 5.07. The number of hydrogen-bond donors (Lipinski definition) is 2. The minimum Gasteiger partial charge on any atom is -0.378 e. The van der Waals surface area contributed by atoms with Crippen LogP contribution in [0.2, 0.25) is 0 Å². The molecule has 8 heteroatoms. The van der Waals surface area contributed by atoms with Crippen molar-refractivity contribution in [1.29, 1.82) is 0 Å². The van der Waals surface area contributed by atoms with E-state index in [1.54, 1.807) is 24.3 Å². The highest BCUT2D eigenvalue weighted by molar-refractivity contribution is 6.72. The zero-order chi connectivity index (χ0) is 23.4. The van der Waals surface area contributed by atoms with Gasteiger partial charge in [0.25, 0.3) is 5.91 Å². The largest absolute Gasteiger partial charge is 0.378 e. The maximum absolute atomic E-state index is 13.3. The Bertz CT molecular complexity index is 1230. The Labute approximate surface area is 192 Å². The van der Waals surface area contributed by atoms with Crippen molar-refractivity contribution in [3.8, 4) is 0 Å². The summed E-state index contributed by atoms with van der Waals surface area (Å²) in [5.74, 6) is -0.164. The minimum absolute atomic E-state index is 0.173. The van der Waals surface area contributed by atoms with Crippen LogP contribution >= 0.6 is 0 Å².